The van der Waals surface area contributed by atoms with Crippen LogP contribution in [0.5, 0.6) is 0 Å². The van der Waals surface area contributed by atoms with Crippen molar-refractivity contribution >= 4 is 12.1 Å². The van der Waals surface area contributed by atoms with Gasteiger partial charge in [-0.3, -0.25) is 0 Å². The van der Waals surface area contributed by atoms with Gasteiger partial charge in [0.15, 0.2) is 0 Å². The molecule has 0 aromatic carbocycles. The number of nitrogens with one attached hydrogen (secondary N) is 1. The van der Waals surface area contributed by atoms with Gasteiger partial charge in [-0.25, -0.2) is 9.59 Å². The second kappa shape index (κ2) is 8.53. The van der Waals surface area contributed by atoms with Gasteiger partial charge in [0.05, 0.1) is 19.3 Å². The molecule has 1 N–H and O–H groups in total. The molecule has 0 spiro atoms. The number of hydrogen-bond donors (Lipinski definition) is 1. The van der Waals surface area contributed by atoms with E-state index in [0.29, 0.717) is 6.61 Å². The minimum atomic E-state index is -0.577. The van der Waals surface area contributed by atoms with E-state index in [9.17, 15) is 9.59 Å². The van der Waals surface area contributed by atoms with Crippen molar-refractivity contribution in [3.63, 3.8) is 0 Å². The summed E-state index contributed by atoms with van der Waals surface area (Å²) in [5.74, 6) is -0.463. The predicted molar refractivity (Wildman–Crippen MR) is 70.8 cm³/mol. The summed E-state index contributed by atoms with van der Waals surface area (Å²) in [7, 11) is 1.50. The van der Waals surface area contributed by atoms with Crippen LogP contribution >= 0.6 is 0 Å². The topological polar surface area (TPSA) is 73.9 Å². The molecule has 6 nitrogen and oxygen atoms in total. The zero-order chi connectivity index (χ0) is 14.9. The van der Waals surface area contributed by atoms with Crippen molar-refractivity contribution in [3.8, 4) is 0 Å². The largest absolute Gasteiger partial charge is 0.463 e. The Morgan fingerprint density at radius 2 is 1.95 bits per heavy atom. The lowest BCUT2D eigenvalue weighted by molar-refractivity contribution is -0.137. The lowest BCUT2D eigenvalue weighted by atomic mass is 10.2. The third-order valence-corrected chi connectivity index (χ3v) is 1.80. The number of hydrogen-bond acceptors (Lipinski definition) is 5. The van der Waals surface area contributed by atoms with Crippen LogP contribution in [0.15, 0.2) is 12.2 Å². The Balaban J connectivity index is 4.40. The van der Waals surface area contributed by atoms with E-state index in [1.807, 2.05) is 0 Å². The van der Waals surface area contributed by atoms with Crippen LogP contribution in [0.4, 0.5) is 4.79 Å². The summed E-state index contributed by atoms with van der Waals surface area (Å²) in [5, 5.41) is 2.59. The van der Waals surface area contributed by atoms with Crippen molar-refractivity contribution in [3.05, 3.63) is 12.2 Å². The van der Waals surface area contributed by atoms with Crippen molar-refractivity contribution in [1.29, 1.82) is 0 Å². The second-order valence-corrected chi connectivity index (χ2v) is 4.82. The molecule has 0 radical (unpaired) electrons. The number of alkyl carbamates (subject to hydrolysis) is 1. The lowest BCUT2D eigenvalue weighted by Crippen LogP contribution is -2.40. The maximum absolute atomic E-state index is 11.6. The average molecular weight is 273 g/mol. The third-order valence-electron chi connectivity index (χ3n) is 1.80. The molecule has 110 valence electrons. The zero-order valence-electron chi connectivity index (χ0n) is 12.2. The predicted octanol–water partition coefficient (Wildman–Crippen LogP) is 1.65. The molecule has 6 heteroatoms. The van der Waals surface area contributed by atoms with E-state index in [4.69, 9.17) is 14.2 Å². The first kappa shape index (κ1) is 17.4. The Morgan fingerprint density at radius 3 is 2.42 bits per heavy atom. The highest BCUT2D eigenvalue weighted by molar-refractivity contribution is 5.82. The molecule has 0 rings (SSSR count). The summed E-state index contributed by atoms with van der Waals surface area (Å²) in [6.07, 6.45) is 2.19. The molecule has 0 aliphatic carbocycles. The average Bonchev–Trinajstić information content (AvgIpc) is 2.24. The van der Waals surface area contributed by atoms with Crippen LogP contribution in [0.1, 0.15) is 27.7 Å². The highest BCUT2D eigenvalue weighted by Gasteiger charge is 2.18. The number of esters is 1. The molecule has 0 saturated carbocycles. The molecule has 0 saturated heterocycles. The van der Waals surface area contributed by atoms with Crippen molar-refractivity contribution < 1.29 is 23.8 Å². The number of ether oxygens (including phenoxy) is 3. The number of carbonyl (C=O) groups is 2. The molecule has 0 aliphatic heterocycles. The SMILES string of the molecule is CCOC(=O)/C=C/[C@H](COC)NC(=O)OC(C)(C)C. The minimum Gasteiger partial charge on any atom is -0.463 e. The van der Waals surface area contributed by atoms with Gasteiger partial charge in [0.25, 0.3) is 0 Å². The summed E-state index contributed by atoms with van der Waals surface area (Å²) in [6.45, 7) is 7.56. The van der Waals surface area contributed by atoms with E-state index >= 15 is 0 Å². The van der Waals surface area contributed by atoms with E-state index < -0.39 is 23.7 Å². The van der Waals surface area contributed by atoms with Gasteiger partial charge in [0.1, 0.15) is 5.60 Å². The molecular weight excluding hydrogens is 250 g/mol. The molecule has 0 aromatic rings. The first-order chi connectivity index (χ1) is 8.78. The quantitative estimate of drug-likeness (QED) is 0.588. The minimum absolute atomic E-state index is 0.231. The third kappa shape index (κ3) is 10.1. The van der Waals surface area contributed by atoms with Crippen LogP contribution < -0.4 is 5.32 Å². The summed E-state index contributed by atoms with van der Waals surface area (Å²) in [6, 6.07) is -0.454. The van der Waals surface area contributed by atoms with Gasteiger partial charge < -0.3 is 19.5 Å². The van der Waals surface area contributed by atoms with Gasteiger partial charge in [0.2, 0.25) is 0 Å². The first-order valence-corrected chi connectivity index (χ1v) is 6.12. The normalized spacial score (nSPS) is 13.1. The molecule has 1 atom stereocenters. The van der Waals surface area contributed by atoms with Crippen molar-refractivity contribution in [2.24, 2.45) is 0 Å². The van der Waals surface area contributed by atoms with Crippen LogP contribution in [0.25, 0.3) is 0 Å². The van der Waals surface area contributed by atoms with Crippen LogP contribution in [0, 0.1) is 0 Å². The fourth-order valence-corrected chi connectivity index (χ4v) is 1.17. The van der Waals surface area contributed by atoms with Gasteiger partial charge in [-0.15, -0.1) is 0 Å². The maximum Gasteiger partial charge on any atom is 0.408 e. The summed E-state index contributed by atoms with van der Waals surface area (Å²) in [4.78, 5) is 22.7. The van der Waals surface area contributed by atoms with Gasteiger partial charge in [-0.2, -0.15) is 0 Å². The van der Waals surface area contributed by atoms with Gasteiger partial charge >= 0.3 is 12.1 Å². The number of carbonyl (C=O) groups excluding carboxylic acids is 2. The van der Waals surface area contributed by atoms with Crippen LogP contribution in [0.3, 0.4) is 0 Å². The Bertz CT molecular complexity index is 319. The monoisotopic (exact) mass is 273 g/mol. The van der Waals surface area contributed by atoms with Crippen molar-refractivity contribution in [1.82, 2.24) is 5.32 Å². The highest BCUT2D eigenvalue weighted by Crippen LogP contribution is 2.07. The van der Waals surface area contributed by atoms with E-state index in [2.05, 4.69) is 5.32 Å². The number of rotatable bonds is 6. The van der Waals surface area contributed by atoms with E-state index in [0.717, 1.165) is 0 Å². The molecule has 0 fully saturated rings. The smallest absolute Gasteiger partial charge is 0.408 e. The molecule has 0 unspecified atom stereocenters. The summed E-state index contributed by atoms with van der Waals surface area (Å²) < 4.78 is 14.8. The van der Waals surface area contributed by atoms with Gasteiger partial charge in [-0.05, 0) is 27.7 Å². The molecular formula is C13H23NO5. The van der Waals surface area contributed by atoms with E-state index in [1.165, 1.54) is 19.3 Å². The van der Waals surface area contributed by atoms with E-state index in [1.54, 1.807) is 27.7 Å². The number of methoxy groups -OCH3 is 1. The number of amides is 1. The van der Waals surface area contributed by atoms with Crippen molar-refractivity contribution in [2.75, 3.05) is 20.3 Å². The fourth-order valence-electron chi connectivity index (χ4n) is 1.17. The maximum atomic E-state index is 11.6. The molecule has 19 heavy (non-hydrogen) atoms. The first-order valence-electron chi connectivity index (χ1n) is 6.12. The Labute approximate surface area is 114 Å². The molecule has 0 aromatic heterocycles. The van der Waals surface area contributed by atoms with Gasteiger partial charge in [-0.1, -0.05) is 6.08 Å². The Kier molecular flexibility index (Phi) is 7.83. The fraction of sp³-hybridized carbons (Fsp3) is 0.692. The standard InChI is InChI=1S/C13H23NO5/c1-6-18-11(15)8-7-10(9-17-5)14-12(16)19-13(2,3)4/h7-8,10H,6,9H2,1-5H3,(H,14,16)/b8-7+/t10-/m1/s1. The summed E-state index contributed by atoms with van der Waals surface area (Å²) >= 11 is 0. The van der Waals surface area contributed by atoms with Crippen LogP contribution in [0.2, 0.25) is 0 Å². The van der Waals surface area contributed by atoms with Crippen LogP contribution in [-0.2, 0) is 19.0 Å². The molecule has 0 aliphatic rings. The molecule has 1 amide bonds. The lowest BCUT2D eigenvalue weighted by Gasteiger charge is -2.22. The Morgan fingerprint density at radius 1 is 1.32 bits per heavy atom. The van der Waals surface area contributed by atoms with Gasteiger partial charge in [0, 0.05) is 13.2 Å². The second-order valence-electron chi connectivity index (χ2n) is 4.82. The highest BCUT2D eigenvalue weighted by atomic mass is 16.6. The van der Waals surface area contributed by atoms with Crippen LogP contribution in [-0.4, -0.2) is 44.0 Å². The summed E-state index contributed by atoms with van der Waals surface area (Å²) in [5.41, 5.74) is -0.577. The zero-order valence-corrected chi connectivity index (χ0v) is 12.2. The Hall–Kier alpha value is -1.56. The van der Waals surface area contributed by atoms with Crippen molar-refractivity contribution in [2.45, 2.75) is 39.3 Å². The molecule has 0 bridgehead atoms. The molecule has 0 heterocycles. The van der Waals surface area contributed by atoms with E-state index in [-0.39, 0.29) is 6.61 Å².